The van der Waals surface area contributed by atoms with Crippen LogP contribution in [-0.2, 0) is 4.74 Å². The number of methoxy groups -OCH3 is 1. The largest absolute Gasteiger partial charge is 0.453 e. The third kappa shape index (κ3) is 3.96. The van der Waals surface area contributed by atoms with Crippen LogP contribution in [-0.4, -0.2) is 53.0 Å². The van der Waals surface area contributed by atoms with Crippen LogP contribution in [0, 0.1) is 0 Å². The Morgan fingerprint density at radius 2 is 2.00 bits per heavy atom. The summed E-state index contributed by atoms with van der Waals surface area (Å²) in [5.74, 6) is 0.369. The number of aromatic nitrogens is 2. The number of carbonyl (C=O) groups is 1. The van der Waals surface area contributed by atoms with Crippen LogP contribution >= 0.6 is 11.6 Å². The highest BCUT2D eigenvalue weighted by atomic mass is 35.5. The number of ether oxygens (including phenoxy) is 1. The Morgan fingerprint density at radius 1 is 1.39 bits per heavy atom. The Hall–Kier alpha value is -1.76. The van der Waals surface area contributed by atoms with Gasteiger partial charge in [-0.3, -0.25) is 0 Å². The van der Waals surface area contributed by atoms with Gasteiger partial charge in [-0.2, -0.15) is 0 Å². The van der Waals surface area contributed by atoms with Crippen molar-refractivity contribution in [3.05, 3.63) is 11.2 Å². The number of nitrogen functional groups attached to an aromatic ring is 1. The number of piperidine rings is 1. The van der Waals surface area contributed by atoms with E-state index in [1.165, 1.54) is 7.11 Å². The van der Waals surface area contributed by atoms with Crippen molar-refractivity contribution in [3.63, 3.8) is 0 Å². The van der Waals surface area contributed by atoms with E-state index < -0.39 is 0 Å². The normalized spacial score (nSPS) is 16.3. The molecule has 2 N–H and O–H groups in total. The molecule has 0 unspecified atom stereocenters. The van der Waals surface area contributed by atoms with Gasteiger partial charge in [0, 0.05) is 30.7 Å². The number of nitrogens with two attached hydrogens (primary N) is 1. The molecule has 0 atom stereocenters. The summed E-state index contributed by atoms with van der Waals surface area (Å²) >= 11 is 5.91. The van der Waals surface area contributed by atoms with Gasteiger partial charge < -0.3 is 20.3 Å². The molecule has 0 spiro atoms. The van der Waals surface area contributed by atoms with Crippen molar-refractivity contribution >= 4 is 29.2 Å². The maximum Gasteiger partial charge on any atom is 0.410 e. The Balaban J connectivity index is 2.10. The van der Waals surface area contributed by atoms with E-state index in [1.807, 2.05) is 25.7 Å². The molecule has 1 amide bonds. The first-order valence-corrected chi connectivity index (χ1v) is 8.02. The first-order chi connectivity index (χ1) is 10.7. The quantitative estimate of drug-likeness (QED) is 0.889. The lowest BCUT2D eigenvalue weighted by molar-refractivity contribution is 0.0492. The lowest BCUT2D eigenvalue weighted by atomic mass is 9.96. The first-order valence-electron chi connectivity index (χ1n) is 7.65. The number of halogens is 1. The van der Waals surface area contributed by atoms with Gasteiger partial charge in [0.2, 0.25) is 0 Å². The zero-order valence-electron chi connectivity index (χ0n) is 14.0. The smallest absolute Gasteiger partial charge is 0.410 e. The second-order valence-electron chi connectivity index (χ2n) is 6.67. The second kappa shape index (κ2) is 6.78. The van der Waals surface area contributed by atoms with E-state index in [9.17, 15) is 4.79 Å². The highest BCUT2D eigenvalue weighted by molar-refractivity contribution is 6.29. The summed E-state index contributed by atoms with van der Waals surface area (Å²) in [5, 5.41) is 7.92. The third-order valence-electron chi connectivity index (χ3n) is 4.04. The average Bonchev–Trinajstić information content (AvgIpc) is 2.49. The fraction of sp³-hybridized carbons (Fsp3) is 0.667. The van der Waals surface area contributed by atoms with Crippen molar-refractivity contribution < 1.29 is 9.53 Å². The van der Waals surface area contributed by atoms with Gasteiger partial charge in [0.15, 0.2) is 11.0 Å². The molecule has 2 heterocycles. The third-order valence-corrected chi connectivity index (χ3v) is 4.22. The number of amides is 1. The van der Waals surface area contributed by atoms with E-state index in [2.05, 4.69) is 15.1 Å². The predicted molar refractivity (Wildman–Crippen MR) is 90.7 cm³/mol. The van der Waals surface area contributed by atoms with Gasteiger partial charge in [-0.15, -0.1) is 10.2 Å². The van der Waals surface area contributed by atoms with Crippen LogP contribution in [0.5, 0.6) is 0 Å². The van der Waals surface area contributed by atoms with Crippen LogP contribution < -0.4 is 10.6 Å². The first kappa shape index (κ1) is 17.6. The molecule has 0 radical (unpaired) electrons. The number of carbonyl (C=O) groups excluding carboxylic acids is 1. The molecule has 23 heavy (non-hydrogen) atoms. The lowest BCUT2D eigenvalue weighted by Crippen LogP contribution is -2.55. The summed E-state index contributed by atoms with van der Waals surface area (Å²) in [6.07, 6.45) is 1.36. The number of rotatable bonds is 2. The second-order valence-corrected chi connectivity index (χ2v) is 7.05. The van der Waals surface area contributed by atoms with E-state index in [0.29, 0.717) is 11.0 Å². The molecule has 0 bridgehead atoms. The Labute approximate surface area is 141 Å². The SMILES string of the molecule is COC(=O)N(C1CCN(c2cc(Cl)nnc2N)CC1)C(C)(C)C. The fourth-order valence-corrected chi connectivity index (χ4v) is 3.20. The average molecular weight is 342 g/mol. The highest BCUT2D eigenvalue weighted by Crippen LogP contribution is 2.30. The maximum absolute atomic E-state index is 12.1. The molecular weight excluding hydrogens is 318 g/mol. The molecule has 0 saturated carbocycles. The van der Waals surface area contributed by atoms with Gasteiger partial charge in [0.1, 0.15) is 0 Å². The minimum absolute atomic E-state index is 0.130. The van der Waals surface area contributed by atoms with Gasteiger partial charge in [-0.1, -0.05) is 11.6 Å². The molecule has 1 saturated heterocycles. The molecule has 1 fully saturated rings. The minimum Gasteiger partial charge on any atom is -0.453 e. The zero-order chi connectivity index (χ0) is 17.2. The number of anilines is 2. The van der Waals surface area contributed by atoms with Crippen LogP contribution in [0.25, 0.3) is 0 Å². The fourth-order valence-electron chi connectivity index (χ4n) is 3.06. The molecule has 128 valence electrons. The summed E-state index contributed by atoms with van der Waals surface area (Å²) in [5.41, 5.74) is 6.40. The summed E-state index contributed by atoms with van der Waals surface area (Å²) in [6.45, 7) is 7.57. The van der Waals surface area contributed by atoms with Crippen molar-refractivity contribution in [3.8, 4) is 0 Å². The summed E-state index contributed by atoms with van der Waals surface area (Å²) in [4.78, 5) is 16.1. The van der Waals surface area contributed by atoms with Gasteiger partial charge in [0.05, 0.1) is 12.8 Å². The van der Waals surface area contributed by atoms with Crippen LogP contribution in [0.1, 0.15) is 33.6 Å². The van der Waals surface area contributed by atoms with E-state index >= 15 is 0 Å². The van der Waals surface area contributed by atoms with E-state index in [4.69, 9.17) is 22.1 Å². The number of hydrogen-bond donors (Lipinski definition) is 1. The molecule has 0 aromatic carbocycles. The molecule has 1 aromatic heterocycles. The molecule has 8 heteroatoms. The lowest BCUT2D eigenvalue weighted by Gasteiger charge is -2.44. The Kier molecular flexibility index (Phi) is 5.19. The molecule has 0 aliphatic carbocycles. The monoisotopic (exact) mass is 341 g/mol. The molecule has 2 rings (SSSR count). The standard InChI is InChI=1S/C15H24ClN5O2/c1-15(2,3)21(14(22)23-4)10-5-7-20(8-6-10)11-9-12(16)18-19-13(11)17/h9-10H,5-8H2,1-4H3,(H2,17,19). The van der Waals surface area contributed by atoms with Crippen LogP contribution in [0.3, 0.4) is 0 Å². The van der Waals surface area contributed by atoms with E-state index in [-0.39, 0.29) is 17.7 Å². The van der Waals surface area contributed by atoms with Crippen molar-refractivity contribution in [2.75, 3.05) is 30.8 Å². The zero-order valence-corrected chi connectivity index (χ0v) is 14.8. The van der Waals surface area contributed by atoms with Gasteiger partial charge in [-0.25, -0.2) is 4.79 Å². The van der Waals surface area contributed by atoms with Crippen molar-refractivity contribution in [2.45, 2.75) is 45.2 Å². The van der Waals surface area contributed by atoms with Crippen molar-refractivity contribution in [1.29, 1.82) is 0 Å². The summed E-state index contributed by atoms with van der Waals surface area (Å²) in [6, 6.07) is 1.86. The minimum atomic E-state index is -0.291. The summed E-state index contributed by atoms with van der Waals surface area (Å²) < 4.78 is 4.96. The number of nitrogens with zero attached hydrogens (tertiary/aromatic N) is 4. The van der Waals surface area contributed by atoms with E-state index in [1.54, 1.807) is 6.07 Å². The number of hydrogen-bond acceptors (Lipinski definition) is 6. The topological polar surface area (TPSA) is 84.6 Å². The van der Waals surface area contributed by atoms with Crippen molar-refractivity contribution in [1.82, 2.24) is 15.1 Å². The molecule has 1 aliphatic rings. The van der Waals surface area contributed by atoms with E-state index in [0.717, 1.165) is 31.6 Å². The van der Waals surface area contributed by atoms with Crippen LogP contribution in [0.2, 0.25) is 5.15 Å². The highest BCUT2D eigenvalue weighted by Gasteiger charge is 2.36. The Bertz CT molecular complexity index is 567. The van der Waals surface area contributed by atoms with Gasteiger partial charge in [-0.05, 0) is 33.6 Å². The molecule has 1 aliphatic heterocycles. The van der Waals surface area contributed by atoms with Crippen molar-refractivity contribution in [2.24, 2.45) is 0 Å². The van der Waals surface area contributed by atoms with Gasteiger partial charge in [0.25, 0.3) is 0 Å². The van der Waals surface area contributed by atoms with Gasteiger partial charge >= 0.3 is 6.09 Å². The molecule has 7 nitrogen and oxygen atoms in total. The maximum atomic E-state index is 12.1. The molecule has 1 aromatic rings. The van der Waals surface area contributed by atoms with Crippen LogP contribution in [0.15, 0.2) is 6.07 Å². The Morgan fingerprint density at radius 3 is 2.52 bits per heavy atom. The summed E-state index contributed by atoms with van der Waals surface area (Å²) in [7, 11) is 1.42. The molecular formula is C15H24ClN5O2. The van der Waals surface area contributed by atoms with Crippen LogP contribution in [0.4, 0.5) is 16.3 Å². The predicted octanol–water partition coefficient (Wildman–Crippen LogP) is 2.55.